The molecule has 1 heterocycles. The third kappa shape index (κ3) is 6.49. The zero-order valence-corrected chi connectivity index (χ0v) is 13.3. The standard InChI is InChI=1S/C18H29NO2/c1-2-3-4-13-21-18-7-5-16(6-8-18)14-20-15-17-9-11-19-12-10-17/h5-8,17,19H,2-4,9-15H2,1H3. The molecule has 0 spiro atoms. The first-order valence-corrected chi connectivity index (χ1v) is 8.38. The lowest BCUT2D eigenvalue weighted by Crippen LogP contribution is -2.29. The van der Waals surface area contributed by atoms with Crippen molar-refractivity contribution in [1.29, 1.82) is 0 Å². The average molecular weight is 291 g/mol. The number of hydrogen-bond donors (Lipinski definition) is 1. The van der Waals surface area contributed by atoms with Gasteiger partial charge >= 0.3 is 0 Å². The van der Waals surface area contributed by atoms with Crippen molar-refractivity contribution in [1.82, 2.24) is 5.32 Å². The normalized spacial score (nSPS) is 16.0. The van der Waals surface area contributed by atoms with E-state index in [0.717, 1.165) is 44.4 Å². The minimum Gasteiger partial charge on any atom is -0.494 e. The SMILES string of the molecule is CCCCCOc1ccc(COCC2CCNCC2)cc1. The van der Waals surface area contributed by atoms with Crippen molar-refractivity contribution in [3.05, 3.63) is 29.8 Å². The second-order valence-corrected chi connectivity index (χ2v) is 5.91. The van der Waals surface area contributed by atoms with Gasteiger partial charge in [-0.05, 0) is 56.0 Å². The van der Waals surface area contributed by atoms with Crippen molar-refractivity contribution in [3.8, 4) is 5.75 Å². The molecule has 0 amide bonds. The average Bonchev–Trinajstić information content (AvgIpc) is 2.54. The van der Waals surface area contributed by atoms with Crippen LogP contribution in [0.2, 0.25) is 0 Å². The zero-order chi connectivity index (χ0) is 14.8. The summed E-state index contributed by atoms with van der Waals surface area (Å²) < 4.78 is 11.6. The van der Waals surface area contributed by atoms with Gasteiger partial charge in [-0.1, -0.05) is 31.9 Å². The fraction of sp³-hybridized carbons (Fsp3) is 0.667. The van der Waals surface area contributed by atoms with E-state index in [2.05, 4.69) is 36.5 Å². The molecule has 0 bridgehead atoms. The molecular weight excluding hydrogens is 262 g/mol. The lowest BCUT2D eigenvalue weighted by Gasteiger charge is -2.22. The summed E-state index contributed by atoms with van der Waals surface area (Å²) in [5.74, 6) is 1.70. The fourth-order valence-corrected chi connectivity index (χ4v) is 2.62. The molecule has 1 aliphatic heterocycles. The Labute approximate surface area is 129 Å². The first kappa shape index (κ1) is 16.3. The molecule has 0 radical (unpaired) electrons. The Kier molecular flexibility index (Phi) is 7.61. The third-order valence-corrected chi connectivity index (χ3v) is 4.02. The van der Waals surface area contributed by atoms with Crippen molar-refractivity contribution >= 4 is 0 Å². The van der Waals surface area contributed by atoms with Gasteiger partial charge in [0.2, 0.25) is 0 Å². The van der Waals surface area contributed by atoms with E-state index in [9.17, 15) is 0 Å². The molecule has 1 aliphatic rings. The Morgan fingerprint density at radius 2 is 1.86 bits per heavy atom. The van der Waals surface area contributed by atoms with E-state index in [1.54, 1.807) is 0 Å². The summed E-state index contributed by atoms with van der Waals surface area (Å²) >= 11 is 0. The topological polar surface area (TPSA) is 30.5 Å². The van der Waals surface area contributed by atoms with Crippen LogP contribution in [-0.4, -0.2) is 26.3 Å². The van der Waals surface area contributed by atoms with Crippen molar-refractivity contribution in [2.45, 2.75) is 45.6 Å². The predicted octanol–water partition coefficient (Wildman–Crippen LogP) is 3.77. The molecule has 0 atom stereocenters. The van der Waals surface area contributed by atoms with Gasteiger partial charge in [-0.25, -0.2) is 0 Å². The predicted molar refractivity (Wildman–Crippen MR) is 86.7 cm³/mol. The molecule has 2 rings (SSSR count). The van der Waals surface area contributed by atoms with E-state index in [4.69, 9.17) is 9.47 Å². The maximum Gasteiger partial charge on any atom is 0.119 e. The maximum absolute atomic E-state index is 5.84. The number of rotatable bonds is 9. The van der Waals surface area contributed by atoms with Gasteiger partial charge < -0.3 is 14.8 Å². The van der Waals surface area contributed by atoms with Gasteiger partial charge in [-0.3, -0.25) is 0 Å². The molecule has 0 unspecified atom stereocenters. The summed E-state index contributed by atoms with van der Waals surface area (Å²) in [5, 5.41) is 3.38. The molecular formula is C18H29NO2. The van der Waals surface area contributed by atoms with E-state index in [1.165, 1.54) is 31.2 Å². The largest absolute Gasteiger partial charge is 0.494 e. The Hall–Kier alpha value is -1.06. The molecule has 0 saturated carbocycles. The number of unbranched alkanes of at least 4 members (excludes halogenated alkanes) is 2. The maximum atomic E-state index is 5.84. The van der Waals surface area contributed by atoms with Crippen LogP contribution in [0, 0.1) is 5.92 Å². The second-order valence-electron chi connectivity index (χ2n) is 5.91. The zero-order valence-electron chi connectivity index (χ0n) is 13.3. The Balaban J connectivity index is 1.62. The van der Waals surface area contributed by atoms with Crippen molar-refractivity contribution < 1.29 is 9.47 Å². The Bertz CT molecular complexity index is 371. The van der Waals surface area contributed by atoms with E-state index in [-0.39, 0.29) is 0 Å². The van der Waals surface area contributed by atoms with Gasteiger partial charge in [0.05, 0.1) is 13.2 Å². The summed E-state index contributed by atoms with van der Waals surface area (Å²) in [6.45, 7) is 6.89. The highest BCUT2D eigenvalue weighted by Crippen LogP contribution is 2.15. The number of hydrogen-bond acceptors (Lipinski definition) is 3. The van der Waals surface area contributed by atoms with Crippen molar-refractivity contribution in [3.63, 3.8) is 0 Å². The first-order valence-electron chi connectivity index (χ1n) is 8.38. The third-order valence-electron chi connectivity index (χ3n) is 4.02. The molecule has 3 heteroatoms. The van der Waals surface area contributed by atoms with Gasteiger partial charge in [0.1, 0.15) is 5.75 Å². The smallest absolute Gasteiger partial charge is 0.119 e. The van der Waals surface area contributed by atoms with Crippen LogP contribution in [0.3, 0.4) is 0 Å². The summed E-state index contributed by atoms with van der Waals surface area (Å²) in [6.07, 6.45) is 6.09. The van der Waals surface area contributed by atoms with Crippen LogP contribution in [0.25, 0.3) is 0 Å². The number of nitrogens with one attached hydrogen (secondary N) is 1. The molecule has 118 valence electrons. The molecule has 21 heavy (non-hydrogen) atoms. The number of benzene rings is 1. The van der Waals surface area contributed by atoms with Crippen LogP contribution in [0.4, 0.5) is 0 Å². The number of piperidine rings is 1. The van der Waals surface area contributed by atoms with Crippen LogP contribution >= 0.6 is 0 Å². The van der Waals surface area contributed by atoms with Crippen LogP contribution in [0.1, 0.15) is 44.6 Å². The Morgan fingerprint density at radius 1 is 1.10 bits per heavy atom. The summed E-state index contributed by atoms with van der Waals surface area (Å²) in [7, 11) is 0. The number of ether oxygens (including phenoxy) is 2. The van der Waals surface area contributed by atoms with Crippen LogP contribution in [0.15, 0.2) is 24.3 Å². The highest BCUT2D eigenvalue weighted by atomic mass is 16.5. The summed E-state index contributed by atoms with van der Waals surface area (Å²) in [4.78, 5) is 0. The van der Waals surface area contributed by atoms with Crippen molar-refractivity contribution in [2.24, 2.45) is 5.92 Å². The Morgan fingerprint density at radius 3 is 2.57 bits per heavy atom. The van der Waals surface area contributed by atoms with E-state index < -0.39 is 0 Å². The molecule has 0 aromatic heterocycles. The van der Waals surface area contributed by atoms with Gasteiger partial charge in [-0.2, -0.15) is 0 Å². The molecule has 3 nitrogen and oxygen atoms in total. The highest BCUT2D eigenvalue weighted by molar-refractivity contribution is 5.26. The van der Waals surface area contributed by atoms with E-state index in [0.29, 0.717) is 6.61 Å². The first-order chi connectivity index (χ1) is 10.4. The minimum atomic E-state index is 0.708. The lowest BCUT2D eigenvalue weighted by molar-refractivity contribution is 0.0763. The van der Waals surface area contributed by atoms with E-state index >= 15 is 0 Å². The molecule has 1 saturated heterocycles. The molecule has 1 N–H and O–H groups in total. The second kappa shape index (κ2) is 9.80. The minimum absolute atomic E-state index is 0.708. The quantitative estimate of drug-likeness (QED) is 0.703. The van der Waals surface area contributed by atoms with Crippen LogP contribution in [0.5, 0.6) is 5.75 Å². The summed E-state index contributed by atoms with van der Waals surface area (Å²) in [6, 6.07) is 8.32. The van der Waals surface area contributed by atoms with Gasteiger partial charge in [0, 0.05) is 6.61 Å². The molecule has 0 aliphatic carbocycles. The molecule has 1 fully saturated rings. The monoisotopic (exact) mass is 291 g/mol. The van der Waals surface area contributed by atoms with E-state index in [1.807, 2.05) is 0 Å². The van der Waals surface area contributed by atoms with Crippen molar-refractivity contribution in [2.75, 3.05) is 26.3 Å². The fourth-order valence-electron chi connectivity index (χ4n) is 2.62. The highest BCUT2D eigenvalue weighted by Gasteiger charge is 2.12. The van der Waals surface area contributed by atoms with Gasteiger partial charge in [0.25, 0.3) is 0 Å². The molecule has 1 aromatic carbocycles. The summed E-state index contributed by atoms with van der Waals surface area (Å²) in [5.41, 5.74) is 1.23. The lowest BCUT2D eigenvalue weighted by atomic mass is 9.99. The van der Waals surface area contributed by atoms with Gasteiger partial charge in [-0.15, -0.1) is 0 Å². The van der Waals surface area contributed by atoms with Crippen LogP contribution < -0.4 is 10.1 Å². The molecule has 1 aromatic rings. The van der Waals surface area contributed by atoms with Crippen LogP contribution in [-0.2, 0) is 11.3 Å². The van der Waals surface area contributed by atoms with Gasteiger partial charge in [0.15, 0.2) is 0 Å².